The molecule has 3 aromatic carbocycles. The van der Waals surface area contributed by atoms with Crippen LogP contribution in [0.4, 0.5) is 5.69 Å². The smallest absolute Gasteiger partial charge is 0.229 e. The predicted octanol–water partition coefficient (Wildman–Crippen LogP) is 4.20. The minimum Gasteiger partial charge on any atom is -0.492 e. The number of aliphatic hydroxyl groups excluding tert-OH is 1. The lowest BCUT2D eigenvalue weighted by molar-refractivity contribution is 0.164. The Hall–Kier alpha value is -2.78. The van der Waals surface area contributed by atoms with E-state index in [0.717, 1.165) is 28.4 Å². The maximum absolute atomic E-state index is 11.4. The first-order chi connectivity index (χ1) is 15.3. The molecule has 4 aromatic rings. The topological polar surface area (TPSA) is 103 Å². The fourth-order valence-corrected chi connectivity index (χ4v) is 4.21. The number of nitrogens with one attached hydrogen (secondary N) is 3. The second kappa shape index (κ2) is 10.4. The van der Waals surface area contributed by atoms with Crippen molar-refractivity contribution in [1.29, 1.82) is 0 Å². The maximum atomic E-state index is 11.4. The first kappa shape index (κ1) is 24.9. The number of fused-ring (bicyclic) bond motifs is 3. The lowest BCUT2D eigenvalue weighted by Crippen LogP contribution is -2.34. The van der Waals surface area contributed by atoms with Crippen LogP contribution in [0.15, 0.2) is 66.7 Å². The molecule has 0 aliphatic carbocycles. The number of halogens is 1. The number of benzene rings is 3. The number of para-hydroxylation sites is 1. The molecule has 1 heterocycles. The number of aliphatic hydroxyl groups is 1. The van der Waals surface area contributed by atoms with Gasteiger partial charge in [-0.1, -0.05) is 30.3 Å². The van der Waals surface area contributed by atoms with Gasteiger partial charge >= 0.3 is 0 Å². The van der Waals surface area contributed by atoms with Crippen molar-refractivity contribution < 1.29 is 18.3 Å². The number of aromatic amines is 1. The first-order valence-corrected chi connectivity index (χ1v) is 12.3. The molecule has 1 aromatic heterocycles. The third kappa shape index (κ3) is 6.39. The maximum Gasteiger partial charge on any atom is 0.229 e. The molecule has 4 N–H and O–H groups in total. The summed E-state index contributed by atoms with van der Waals surface area (Å²) in [6.45, 7) is 2.73. The van der Waals surface area contributed by atoms with Gasteiger partial charge < -0.3 is 20.1 Å². The zero-order valence-corrected chi connectivity index (χ0v) is 20.0. The van der Waals surface area contributed by atoms with E-state index in [1.165, 1.54) is 5.39 Å². The van der Waals surface area contributed by atoms with E-state index in [1.807, 2.05) is 31.2 Å². The van der Waals surface area contributed by atoms with E-state index in [9.17, 15) is 13.5 Å². The van der Waals surface area contributed by atoms with Gasteiger partial charge in [0.05, 0.1) is 17.9 Å². The summed E-state index contributed by atoms with van der Waals surface area (Å²) in [6.07, 6.45) is 0.316. The third-order valence-electron chi connectivity index (χ3n) is 5.21. The fraction of sp³-hybridized carbons (Fsp3) is 0.250. The quantitative estimate of drug-likeness (QED) is 0.282. The molecule has 0 aliphatic heterocycles. The molecular weight excluding hydrogens is 462 g/mol. The Morgan fingerprint density at radius 1 is 1.00 bits per heavy atom. The summed E-state index contributed by atoms with van der Waals surface area (Å²) < 4.78 is 31.2. The Morgan fingerprint density at radius 3 is 2.55 bits per heavy atom. The minimum absolute atomic E-state index is 0. The molecule has 0 saturated heterocycles. The van der Waals surface area contributed by atoms with Gasteiger partial charge in [-0.25, -0.2) is 8.42 Å². The van der Waals surface area contributed by atoms with Crippen molar-refractivity contribution in [2.75, 3.05) is 24.1 Å². The highest BCUT2D eigenvalue weighted by Gasteiger charge is 2.12. The van der Waals surface area contributed by atoms with Crippen LogP contribution in [0, 0.1) is 0 Å². The molecule has 9 heteroatoms. The summed E-state index contributed by atoms with van der Waals surface area (Å²) in [4.78, 5) is 3.41. The molecule has 0 amide bonds. The van der Waals surface area contributed by atoms with Crippen LogP contribution in [-0.2, 0) is 10.0 Å². The second-order valence-electron chi connectivity index (χ2n) is 8.01. The van der Waals surface area contributed by atoms with Gasteiger partial charge in [0.25, 0.3) is 0 Å². The Labute approximate surface area is 199 Å². The van der Waals surface area contributed by atoms with Gasteiger partial charge in [0, 0.05) is 40.6 Å². The highest BCUT2D eigenvalue weighted by molar-refractivity contribution is 7.92. The average Bonchev–Trinajstić information content (AvgIpc) is 3.13. The molecule has 0 spiro atoms. The van der Waals surface area contributed by atoms with Gasteiger partial charge in [0.1, 0.15) is 12.4 Å². The summed E-state index contributed by atoms with van der Waals surface area (Å²) >= 11 is 0. The number of anilines is 1. The van der Waals surface area contributed by atoms with Crippen LogP contribution in [0.25, 0.3) is 21.8 Å². The molecule has 33 heavy (non-hydrogen) atoms. The van der Waals surface area contributed by atoms with Gasteiger partial charge in [0.2, 0.25) is 10.0 Å². The summed E-state index contributed by atoms with van der Waals surface area (Å²) in [5, 5.41) is 16.1. The summed E-state index contributed by atoms with van der Waals surface area (Å²) in [7, 11) is -3.37. The number of rotatable bonds is 9. The predicted molar refractivity (Wildman–Crippen MR) is 136 cm³/mol. The van der Waals surface area contributed by atoms with Crippen molar-refractivity contribution in [1.82, 2.24) is 10.3 Å². The molecule has 0 aliphatic rings. The monoisotopic (exact) mass is 489 g/mol. The van der Waals surface area contributed by atoms with Crippen molar-refractivity contribution in [3.63, 3.8) is 0 Å². The van der Waals surface area contributed by atoms with Gasteiger partial charge in [-0.3, -0.25) is 4.72 Å². The first-order valence-electron chi connectivity index (χ1n) is 10.4. The Bertz CT molecular complexity index is 1340. The van der Waals surface area contributed by atoms with Crippen molar-refractivity contribution in [2.45, 2.75) is 19.1 Å². The van der Waals surface area contributed by atoms with Gasteiger partial charge in [-0.2, -0.15) is 0 Å². The molecule has 2 atom stereocenters. The zero-order chi connectivity index (χ0) is 22.7. The van der Waals surface area contributed by atoms with Crippen LogP contribution in [-0.4, -0.2) is 44.0 Å². The average molecular weight is 490 g/mol. The lowest BCUT2D eigenvalue weighted by Gasteiger charge is -2.18. The van der Waals surface area contributed by atoms with Crippen molar-refractivity contribution in [3.8, 4) is 5.75 Å². The Kier molecular flexibility index (Phi) is 7.86. The Balaban J connectivity index is 0.00000306. The van der Waals surface area contributed by atoms with Crippen molar-refractivity contribution in [3.05, 3.63) is 72.3 Å². The van der Waals surface area contributed by atoms with E-state index in [0.29, 0.717) is 24.4 Å². The van der Waals surface area contributed by atoms with Crippen LogP contribution in [0.3, 0.4) is 0 Å². The third-order valence-corrected chi connectivity index (χ3v) is 5.82. The Morgan fingerprint density at radius 2 is 1.76 bits per heavy atom. The number of H-pyrrole nitrogens is 1. The molecule has 0 radical (unpaired) electrons. The number of hydrogen-bond donors (Lipinski definition) is 4. The number of ether oxygens (including phenoxy) is 1. The summed E-state index contributed by atoms with van der Waals surface area (Å²) in [6, 6.07) is 20.9. The summed E-state index contributed by atoms with van der Waals surface area (Å²) in [5.74, 6) is 0.776. The van der Waals surface area contributed by atoms with E-state index in [1.54, 1.807) is 24.3 Å². The van der Waals surface area contributed by atoms with Crippen molar-refractivity contribution >= 4 is 49.9 Å². The zero-order valence-electron chi connectivity index (χ0n) is 18.4. The molecule has 7 nitrogen and oxygen atoms in total. The number of aromatic nitrogens is 1. The van der Waals surface area contributed by atoms with Crippen LogP contribution in [0.2, 0.25) is 0 Å². The van der Waals surface area contributed by atoms with E-state index < -0.39 is 16.1 Å². The van der Waals surface area contributed by atoms with E-state index in [2.05, 4.69) is 33.2 Å². The van der Waals surface area contributed by atoms with Crippen LogP contribution in [0.5, 0.6) is 5.75 Å². The van der Waals surface area contributed by atoms with Gasteiger partial charge in [0.15, 0.2) is 0 Å². The molecule has 0 saturated carbocycles. The van der Waals surface area contributed by atoms with Gasteiger partial charge in [-0.15, -0.1) is 12.4 Å². The highest BCUT2D eigenvalue weighted by Crippen LogP contribution is 2.28. The van der Waals surface area contributed by atoms with Crippen molar-refractivity contribution in [2.24, 2.45) is 0 Å². The standard InChI is InChI=1S/C24H27N3O4S.ClH/c1-16(25-14-24(28)17-6-5-7-18(12-17)27-32(2,29)30)15-31-19-10-11-21-20-8-3-4-9-22(20)26-23(21)13-19;/h3-13,16,24-28H,14-15H2,1-2H3;1H/t16-,24?;/m1./s1. The molecule has 4 rings (SSSR count). The van der Waals surface area contributed by atoms with Gasteiger partial charge in [-0.05, 0) is 42.8 Å². The van der Waals surface area contributed by atoms with Crippen LogP contribution >= 0.6 is 12.4 Å². The normalized spacial score (nSPS) is 13.4. The second-order valence-corrected chi connectivity index (χ2v) is 9.76. The SMILES string of the molecule is C[C@H](COc1ccc2c(c1)[nH]c1ccccc12)NCC(O)c1cccc(NS(C)(=O)=O)c1.Cl. The molecular formula is C24H28ClN3O4S. The van der Waals surface area contributed by atoms with Crippen LogP contribution < -0.4 is 14.8 Å². The lowest BCUT2D eigenvalue weighted by atomic mass is 10.1. The van der Waals surface area contributed by atoms with E-state index >= 15 is 0 Å². The molecule has 1 unspecified atom stereocenters. The van der Waals surface area contributed by atoms with E-state index in [-0.39, 0.29) is 18.4 Å². The number of sulfonamides is 1. The molecule has 0 bridgehead atoms. The fourth-order valence-electron chi connectivity index (χ4n) is 3.66. The largest absolute Gasteiger partial charge is 0.492 e. The van der Waals surface area contributed by atoms with Crippen LogP contribution in [0.1, 0.15) is 18.6 Å². The number of hydrogen-bond acceptors (Lipinski definition) is 5. The summed E-state index contributed by atoms with van der Waals surface area (Å²) in [5.41, 5.74) is 3.18. The minimum atomic E-state index is -3.37. The highest BCUT2D eigenvalue weighted by atomic mass is 35.5. The van der Waals surface area contributed by atoms with E-state index in [4.69, 9.17) is 4.74 Å². The molecule has 0 fully saturated rings. The molecule has 176 valence electrons.